The Morgan fingerprint density at radius 2 is 1.54 bits per heavy atom. The van der Waals surface area contributed by atoms with E-state index in [1.807, 2.05) is 6.07 Å². The predicted octanol–water partition coefficient (Wildman–Crippen LogP) is 4.86. The van der Waals surface area contributed by atoms with Crippen LogP contribution in [0.1, 0.15) is 55.5 Å². The number of rotatable bonds is 8. The van der Waals surface area contributed by atoms with E-state index in [2.05, 4.69) is 65.8 Å². The molecule has 0 saturated carbocycles. The van der Waals surface area contributed by atoms with Gasteiger partial charge in [-0.15, -0.1) is 0 Å². The van der Waals surface area contributed by atoms with E-state index >= 15 is 0 Å². The monoisotopic (exact) mass is 368 g/mol. The molecule has 0 aliphatic heterocycles. The van der Waals surface area contributed by atoms with Gasteiger partial charge in [-0.2, -0.15) is 0 Å². The summed E-state index contributed by atoms with van der Waals surface area (Å²) >= 11 is 0. The summed E-state index contributed by atoms with van der Waals surface area (Å²) in [6, 6.07) is 12.4. The Morgan fingerprint density at radius 1 is 0.885 bits per heavy atom. The lowest BCUT2D eigenvalue weighted by atomic mass is 9.92. The molecule has 1 nitrogen and oxygen atoms in total. The molecule has 0 aromatic heterocycles. The van der Waals surface area contributed by atoms with Gasteiger partial charge >= 0.3 is 0 Å². The third kappa shape index (κ3) is 5.74. The topological polar surface area (TPSA) is 20.2 Å². The van der Waals surface area contributed by atoms with Gasteiger partial charge in [0.05, 0.1) is 9.52 Å². The van der Waals surface area contributed by atoms with Crippen LogP contribution < -0.4 is 5.19 Å². The quantitative estimate of drug-likeness (QED) is 0.660. The molecule has 0 aliphatic carbocycles. The Bertz CT molecular complexity index is 731. The standard InChI is InChI=1S/C24H36OSi/c1-16(2)12-21-15-23(25)22(13-17(3)4)14-20(21)10-11-26-24-9-7-8-18(5)19(24)6/h7-9,14-17,25H,10-13,26H2,1-6H3. The molecule has 0 radical (unpaired) electrons. The number of phenols is 1. The summed E-state index contributed by atoms with van der Waals surface area (Å²) < 4.78 is 0. The molecule has 2 aromatic rings. The third-order valence-electron chi connectivity index (χ3n) is 5.27. The normalized spacial score (nSPS) is 12.0. The van der Waals surface area contributed by atoms with E-state index < -0.39 is 0 Å². The first-order valence-electron chi connectivity index (χ1n) is 10.2. The summed E-state index contributed by atoms with van der Waals surface area (Å²) in [7, 11) is -0.255. The maximum Gasteiger partial charge on any atom is 0.119 e. The Hall–Kier alpha value is -1.54. The van der Waals surface area contributed by atoms with Gasteiger partial charge in [0, 0.05) is 0 Å². The van der Waals surface area contributed by atoms with Crippen molar-refractivity contribution in [3.05, 3.63) is 58.1 Å². The van der Waals surface area contributed by atoms with Gasteiger partial charge in [0.25, 0.3) is 0 Å². The van der Waals surface area contributed by atoms with Gasteiger partial charge in [0.15, 0.2) is 0 Å². The summed E-state index contributed by atoms with van der Waals surface area (Å²) in [5.41, 5.74) is 6.84. The molecule has 0 heterocycles. The molecule has 0 amide bonds. The summed E-state index contributed by atoms with van der Waals surface area (Å²) in [4.78, 5) is 0. The highest BCUT2D eigenvalue weighted by Crippen LogP contribution is 2.27. The minimum atomic E-state index is -0.255. The Balaban J connectivity index is 2.18. The van der Waals surface area contributed by atoms with Crippen molar-refractivity contribution in [1.29, 1.82) is 0 Å². The molecule has 0 atom stereocenters. The Labute approximate surface area is 162 Å². The van der Waals surface area contributed by atoms with Gasteiger partial charge in [-0.3, -0.25) is 0 Å². The number of hydrogen-bond acceptors (Lipinski definition) is 1. The van der Waals surface area contributed by atoms with Crippen molar-refractivity contribution in [3.63, 3.8) is 0 Å². The zero-order valence-electron chi connectivity index (χ0n) is 17.5. The second kappa shape index (κ2) is 9.41. The van der Waals surface area contributed by atoms with Crippen LogP contribution in [0.2, 0.25) is 6.04 Å². The Kier molecular flexibility index (Phi) is 7.51. The van der Waals surface area contributed by atoms with Gasteiger partial charge in [-0.1, -0.05) is 63.2 Å². The minimum absolute atomic E-state index is 0.255. The summed E-state index contributed by atoms with van der Waals surface area (Å²) in [5.74, 6) is 1.67. The predicted molar refractivity (Wildman–Crippen MR) is 118 cm³/mol. The van der Waals surface area contributed by atoms with E-state index in [0.717, 1.165) is 24.8 Å². The van der Waals surface area contributed by atoms with Crippen LogP contribution in [-0.4, -0.2) is 14.6 Å². The lowest BCUT2D eigenvalue weighted by Crippen LogP contribution is -2.18. The number of benzene rings is 2. The molecular weight excluding hydrogens is 332 g/mol. The van der Waals surface area contributed by atoms with Crippen molar-refractivity contribution < 1.29 is 5.11 Å². The number of aryl methyl sites for hydroxylation is 2. The van der Waals surface area contributed by atoms with Gasteiger partial charge in [-0.05, 0) is 78.8 Å². The van der Waals surface area contributed by atoms with E-state index in [9.17, 15) is 5.11 Å². The summed E-state index contributed by atoms with van der Waals surface area (Å²) in [6.07, 6.45) is 3.15. The molecule has 0 fully saturated rings. The SMILES string of the molecule is Cc1cccc([SiH2]CCc2cc(CC(C)C)c(O)cc2CC(C)C)c1C. The van der Waals surface area contributed by atoms with Crippen LogP contribution in [0.5, 0.6) is 5.75 Å². The smallest absolute Gasteiger partial charge is 0.119 e. The molecule has 26 heavy (non-hydrogen) atoms. The van der Waals surface area contributed by atoms with Crippen LogP contribution in [0.25, 0.3) is 0 Å². The first kappa shape index (κ1) is 20.8. The van der Waals surface area contributed by atoms with Gasteiger partial charge < -0.3 is 5.11 Å². The Morgan fingerprint density at radius 3 is 2.19 bits per heavy atom. The van der Waals surface area contributed by atoms with Crippen molar-refractivity contribution in [3.8, 4) is 5.75 Å². The highest BCUT2D eigenvalue weighted by molar-refractivity contribution is 6.54. The van der Waals surface area contributed by atoms with Crippen LogP contribution in [-0.2, 0) is 19.3 Å². The second-order valence-corrected chi connectivity index (χ2v) is 10.6. The molecule has 1 N–H and O–H groups in total. The van der Waals surface area contributed by atoms with Crippen LogP contribution in [0, 0.1) is 25.7 Å². The molecular formula is C24H36OSi. The molecule has 0 spiro atoms. The van der Waals surface area contributed by atoms with Crippen molar-refractivity contribution in [1.82, 2.24) is 0 Å². The first-order chi connectivity index (χ1) is 12.3. The number of phenolic OH excluding ortho intramolecular Hbond substituents is 1. The highest BCUT2D eigenvalue weighted by atomic mass is 28.2. The summed E-state index contributed by atoms with van der Waals surface area (Å²) in [5, 5.41) is 12.1. The largest absolute Gasteiger partial charge is 0.508 e. The van der Waals surface area contributed by atoms with E-state index in [1.165, 1.54) is 28.3 Å². The van der Waals surface area contributed by atoms with E-state index in [1.54, 1.807) is 5.19 Å². The van der Waals surface area contributed by atoms with Crippen molar-refractivity contribution >= 4 is 14.7 Å². The average Bonchev–Trinajstić information content (AvgIpc) is 2.54. The van der Waals surface area contributed by atoms with E-state index in [4.69, 9.17) is 0 Å². The number of hydrogen-bond donors (Lipinski definition) is 1. The zero-order chi connectivity index (χ0) is 19.3. The average molecular weight is 369 g/mol. The fraction of sp³-hybridized carbons (Fsp3) is 0.500. The molecule has 2 rings (SSSR count). The molecule has 0 bridgehead atoms. The number of aromatic hydroxyl groups is 1. The third-order valence-corrected chi connectivity index (χ3v) is 7.28. The van der Waals surface area contributed by atoms with Gasteiger partial charge in [0.2, 0.25) is 0 Å². The van der Waals surface area contributed by atoms with Crippen LogP contribution in [0.4, 0.5) is 0 Å². The van der Waals surface area contributed by atoms with Crippen LogP contribution >= 0.6 is 0 Å². The van der Waals surface area contributed by atoms with Crippen LogP contribution in [0.3, 0.4) is 0 Å². The fourth-order valence-electron chi connectivity index (χ4n) is 3.75. The van der Waals surface area contributed by atoms with Crippen LogP contribution in [0.15, 0.2) is 30.3 Å². The maximum atomic E-state index is 10.5. The molecule has 142 valence electrons. The zero-order valence-corrected chi connectivity index (χ0v) is 18.9. The molecule has 2 aromatic carbocycles. The lowest BCUT2D eigenvalue weighted by Gasteiger charge is -2.17. The van der Waals surface area contributed by atoms with E-state index in [0.29, 0.717) is 17.6 Å². The lowest BCUT2D eigenvalue weighted by molar-refractivity contribution is 0.460. The maximum absolute atomic E-state index is 10.5. The van der Waals surface area contributed by atoms with Crippen molar-refractivity contribution in [2.75, 3.05) is 0 Å². The molecule has 2 heteroatoms. The van der Waals surface area contributed by atoms with Gasteiger partial charge in [-0.25, -0.2) is 0 Å². The highest BCUT2D eigenvalue weighted by Gasteiger charge is 2.12. The molecule has 0 unspecified atom stereocenters. The van der Waals surface area contributed by atoms with Crippen molar-refractivity contribution in [2.24, 2.45) is 11.8 Å². The van der Waals surface area contributed by atoms with E-state index in [-0.39, 0.29) is 9.52 Å². The summed E-state index contributed by atoms with van der Waals surface area (Å²) in [6.45, 7) is 13.4. The molecule has 0 aliphatic rings. The fourth-order valence-corrected chi connectivity index (χ4v) is 5.64. The van der Waals surface area contributed by atoms with Crippen molar-refractivity contribution in [2.45, 2.75) is 66.8 Å². The first-order valence-corrected chi connectivity index (χ1v) is 11.9. The minimum Gasteiger partial charge on any atom is -0.508 e. The van der Waals surface area contributed by atoms with Gasteiger partial charge in [0.1, 0.15) is 5.75 Å². The molecule has 0 saturated heterocycles. The second-order valence-electron chi connectivity index (χ2n) is 8.66.